The topological polar surface area (TPSA) is 93.2 Å². The second-order valence-corrected chi connectivity index (χ2v) is 10.2. The molecule has 0 saturated carbocycles. The van der Waals surface area contributed by atoms with Crippen LogP contribution in [-0.2, 0) is 26.2 Å². The molecule has 0 radical (unpaired) electrons. The molecule has 0 spiro atoms. The maximum absolute atomic E-state index is 13.5. The van der Waals surface area contributed by atoms with E-state index in [1.807, 2.05) is 40.7 Å². The SMILES string of the molecule is CCCCOC(=O)c1ccccc1S(=O)(=O)Oc1cc(N(CC)CC)ccc1CN(C(C)=O)C(C)C. The van der Waals surface area contributed by atoms with Crippen LogP contribution in [-0.4, -0.2) is 50.9 Å². The second-order valence-electron chi connectivity index (χ2n) is 8.73. The maximum Gasteiger partial charge on any atom is 0.340 e. The van der Waals surface area contributed by atoms with Crippen molar-refractivity contribution >= 4 is 27.7 Å². The Balaban J connectivity index is 2.53. The summed E-state index contributed by atoms with van der Waals surface area (Å²) in [5.74, 6) is -0.738. The molecule has 198 valence electrons. The molecule has 0 heterocycles. The van der Waals surface area contributed by atoms with Gasteiger partial charge in [0.15, 0.2) is 0 Å². The molecule has 0 fully saturated rings. The Hall–Kier alpha value is -3.07. The van der Waals surface area contributed by atoms with E-state index in [1.165, 1.54) is 25.1 Å². The van der Waals surface area contributed by atoms with Crippen molar-refractivity contribution in [3.05, 3.63) is 53.6 Å². The number of unbranched alkanes of at least 4 members (excludes halogenated alkanes) is 1. The van der Waals surface area contributed by atoms with Gasteiger partial charge in [-0.25, -0.2) is 4.79 Å². The van der Waals surface area contributed by atoms with Crippen molar-refractivity contribution in [2.45, 2.75) is 71.9 Å². The molecule has 0 saturated heterocycles. The van der Waals surface area contributed by atoms with E-state index in [2.05, 4.69) is 4.90 Å². The largest absolute Gasteiger partial charge is 0.462 e. The van der Waals surface area contributed by atoms with Crippen molar-refractivity contribution in [1.29, 1.82) is 0 Å². The molecule has 0 aliphatic heterocycles. The van der Waals surface area contributed by atoms with Crippen molar-refractivity contribution in [1.82, 2.24) is 4.90 Å². The number of hydrogen-bond acceptors (Lipinski definition) is 7. The third kappa shape index (κ3) is 7.46. The maximum atomic E-state index is 13.5. The number of anilines is 1. The Kier molecular flexibility index (Phi) is 10.8. The zero-order chi connectivity index (χ0) is 26.9. The Bertz CT molecular complexity index is 1140. The first-order valence-electron chi connectivity index (χ1n) is 12.4. The summed E-state index contributed by atoms with van der Waals surface area (Å²) in [6.07, 6.45) is 1.52. The molecule has 9 heteroatoms. The molecule has 0 N–H and O–H groups in total. The van der Waals surface area contributed by atoms with Crippen LogP contribution < -0.4 is 9.08 Å². The summed E-state index contributed by atoms with van der Waals surface area (Å²) in [6.45, 7) is 13.1. The summed E-state index contributed by atoms with van der Waals surface area (Å²) in [6, 6.07) is 11.1. The first-order valence-corrected chi connectivity index (χ1v) is 13.8. The number of carbonyl (C=O) groups is 2. The van der Waals surface area contributed by atoms with Crippen LogP contribution in [0.1, 0.15) is 70.3 Å². The Morgan fingerprint density at radius 3 is 2.25 bits per heavy atom. The van der Waals surface area contributed by atoms with Crippen molar-refractivity contribution in [3.63, 3.8) is 0 Å². The van der Waals surface area contributed by atoms with Gasteiger partial charge < -0.3 is 18.7 Å². The number of benzene rings is 2. The van der Waals surface area contributed by atoms with Gasteiger partial charge in [0.05, 0.1) is 12.2 Å². The monoisotopic (exact) mass is 518 g/mol. The predicted octanol–water partition coefficient (Wildman–Crippen LogP) is 5.01. The van der Waals surface area contributed by atoms with Gasteiger partial charge in [-0.15, -0.1) is 0 Å². The molecule has 2 aromatic rings. The number of rotatable bonds is 13. The van der Waals surface area contributed by atoms with Gasteiger partial charge in [-0.1, -0.05) is 31.5 Å². The van der Waals surface area contributed by atoms with Crippen LogP contribution in [0.4, 0.5) is 5.69 Å². The van der Waals surface area contributed by atoms with Crippen molar-refractivity contribution in [2.75, 3.05) is 24.6 Å². The van der Waals surface area contributed by atoms with E-state index in [4.69, 9.17) is 8.92 Å². The number of amides is 1. The van der Waals surface area contributed by atoms with Gasteiger partial charge in [-0.05, 0) is 52.3 Å². The lowest BCUT2D eigenvalue weighted by atomic mass is 10.1. The second kappa shape index (κ2) is 13.3. The quantitative estimate of drug-likeness (QED) is 0.209. The van der Waals surface area contributed by atoms with E-state index >= 15 is 0 Å². The summed E-state index contributed by atoms with van der Waals surface area (Å²) in [4.78, 5) is 28.3. The highest BCUT2D eigenvalue weighted by Crippen LogP contribution is 2.31. The van der Waals surface area contributed by atoms with Crippen molar-refractivity contribution in [3.8, 4) is 5.75 Å². The van der Waals surface area contributed by atoms with E-state index in [0.717, 1.165) is 25.2 Å². The number of hydrogen-bond donors (Lipinski definition) is 0. The van der Waals surface area contributed by atoms with Crippen LogP contribution in [0, 0.1) is 0 Å². The molecule has 2 aromatic carbocycles. The van der Waals surface area contributed by atoms with Crippen LogP contribution in [0.2, 0.25) is 0 Å². The molecular weight excluding hydrogens is 480 g/mol. The van der Waals surface area contributed by atoms with E-state index in [-0.39, 0.29) is 41.3 Å². The molecule has 1 amide bonds. The van der Waals surface area contributed by atoms with Gasteiger partial charge in [0.2, 0.25) is 5.91 Å². The minimum atomic E-state index is -4.40. The Morgan fingerprint density at radius 2 is 1.67 bits per heavy atom. The molecule has 0 unspecified atom stereocenters. The normalized spacial score (nSPS) is 11.3. The molecule has 36 heavy (non-hydrogen) atoms. The fraction of sp³-hybridized carbons (Fsp3) is 0.481. The Labute approximate surface area is 215 Å². The first-order chi connectivity index (χ1) is 17.0. The number of nitrogens with zero attached hydrogens (tertiary/aromatic N) is 2. The lowest BCUT2D eigenvalue weighted by Crippen LogP contribution is -2.34. The van der Waals surface area contributed by atoms with Crippen LogP contribution in [0.15, 0.2) is 47.4 Å². The van der Waals surface area contributed by atoms with Gasteiger partial charge in [0.1, 0.15) is 10.6 Å². The standard InChI is InChI=1S/C27H38N2O6S/c1-7-10-17-34-27(31)24-13-11-12-14-26(24)36(32,33)35-25-18-23(28(8-2)9-3)16-15-22(25)19-29(20(4)5)21(6)30/h11-16,18,20H,7-10,17,19H2,1-6H3. The van der Waals surface area contributed by atoms with Crippen molar-refractivity contribution in [2.24, 2.45) is 0 Å². The predicted molar refractivity (Wildman–Crippen MR) is 141 cm³/mol. The smallest absolute Gasteiger partial charge is 0.340 e. The van der Waals surface area contributed by atoms with E-state index in [0.29, 0.717) is 12.0 Å². The van der Waals surface area contributed by atoms with Crippen molar-refractivity contribution < 1.29 is 26.9 Å². The first kappa shape index (κ1) is 29.2. The minimum absolute atomic E-state index is 0.0809. The molecule has 8 nitrogen and oxygen atoms in total. The summed E-state index contributed by atoms with van der Waals surface area (Å²) in [7, 11) is -4.40. The van der Waals surface area contributed by atoms with Gasteiger partial charge in [-0.2, -0.15) is 8.42 Å². The van der Waals surface area contributed by atoms with Crippen LogP contribution in [0.25, 0.3) is 0 Å². The number of carbonyl (C=O) groups excluding carboxylic acids is 2. The van der Waals surface area contributed by atoms with Gasteiger partial charge in [-0.3, -0.25) is 4.79 Å². The average Bonchev–Trinajstić information content (AvgIpc) is 2.83. The highest BCUT2D eigenvalue weighted by molar-refractivity contribution is 7.87. The van der Waals surface area contributed by atoms with E-state index in [9.17, 15) is 18.0 Å². The fourth-order valence-corrected chi connectivity index (χ4v) is 4.93. The van der Waals surface area contributed by atoms with Crippen LogP contribution >= 0.6 is 0 Å². The molecule has 0 aromatic heterocycles. The average molecular weight is 519 g/mol. The minimum Gasteiger partial charge on any atom is -0.462 e. The van der Waals surface area contributed by atoms with E-state index < -0.39 is 16.1 Å². The molecule has 2 rings (SSSR count). The third-order valence-electron chi connectivity index (χ3n) is 5.85. The molecule has 0 aliphatic carbocycles. The summed E-state index contributed by atoms with van der Waals surface area (Å²) in [5.41, 5.74) is 1.25. The summed E-state index contributed by atoms with van der Waals surface area (Å²) in [5, 5.41) is 0. The lowest BCUT2D eigenvalue weighted by Gasteiger charge is -2.27. The molecule has 0 bridgehead atoms. The highest BCUT2D eigenvalue weighted by Gasteiger charge is 2.27. The molecule has 0 atom stereocenters. The lowest BCUT2D eigenvalue weighted by molar-refractivity contribution is -0.131. The highest BCUT2D eigenvalue weighted by atomic mass is 32.2. The van der Waals surface area contributed by atoms with Gasteiger partial charge >= 0.3 is 16.1 Å². The van der Waals surface area contributed by atoms with Gasteiger partial charge in [0, 0.05) is 49.9 Å². The van der Waals surface area contributed by atoms with E-state index in [1.54, 1.807) is 23.1 Å². The molecule has 0 aliphatic rings. The Morgan fingerprint density at radius 1 is 1.00 bits per heavy atom. The van der Waals surface area contributed by atoms with Crippen LogP contribution in [0.5, 0.6) is 5.75 Å². The zero-order valence-electron chi connectivity index (χ0n) is 22.1. The number of esters is 1. The molecular formula is C27H38N2O6S. The number of ether oxygens (including phenoxy) is 1. The third-order valence-corrected chi connectivity index (χ3v) is 7.15. The summed E-state index contributed by atoms with van der Waals surface area (Å²) < 4.78 is 37.8. The van der Waals surface area contributed by atoms with Gasteiger partial charge in [0.25, 0.3) is 0 Å². The summed E-state index contributed by atoms with van der Waals surface area (Å²) >= 11 is 0. The van der Waals surface area contributed by atoms with Crippen LogP contribution in [0.3, 0.4) is 0 Å². The zero-order valence-corrected chi connectivity index (χ0v) is 22.9. The fourth-order valence-electron chi connectivity index (χ4n) is 3.78.